The zero-order valence-electron chi connectivity index (χ0n) is 8.58. The molecule has 2 N–H and O–H groups in total. The molecule has 1 amide bonds. The lowest BCUT2D eigenvalue weighted by Crippen LogP contribution is -2.40. The third-order valence-corrected chi connectivity index (χ3v) is 3.46. The van der Waals surface area contributed by atoms with E-state index in [9.17, 15) is 4.79 Å². The molecule has 0 aromatic carbocycles. The summed E-state index contributed by atoms with van der Waals surface area (Å²) in [5, 5.41) is 6.30. The van der Waals surface area contributed by atoms with Crippen molar-refractivity contribution in [2.45, 2.75) is 25.3 Å². The van der Waals surface area contributed by atoms with E-state index in [0.29, 0.717) is 6.04 Å². The molecule has 2 fully saturated rings. The Morgan fingerprint density at radius 2 is 2.14 bits per heavy atom. The molecule has 0 radical (unpaired) electrons. The molecule has 2 rings (SSSR count). The normalized spacial score (nSPS) is 36.2. The molecule has 4 heteroatoms. The predicted molar refractivity (Wildman–Crippen MR) is 53.0 cm³/mol. The smallest absolute Gasteiger partial charge is 0.407 e. The van der Waals surface area contributed by atoms with Gasteiger partial charge in [0, 0.05) is 6.04 Å². The summed E-state index contributed by atoms with van der Waals surface area (Å²) >= 11 is 0. The largest absolute Gasteiger partial charge is 0.453 e. The third-order valence-electron chi connectivity index (χ3n) is 3.46. The van der Waals surface area contributed by atoms with Crippen molar-refractivity contribution < 1.29 is 9.53 Å². The number of rotatable bonds is 1. The fourth-order valence-corrected chi connectivity index (χ4v) is 2.66. The van der Waals surface area contributed by atoms with Crippen LogP contribution in [-0.2, 0) is 4.74 Å². The second kappa shape index (κ2) is 4.17. The van der Waals surface area contributed by atoms with Gasteiger partial charge in [-0.1, -0.05) is 0 Å². The highest BCUT2D eigenvalue weighted by molar-refractivity contribution is 5.67. The van der Waals surface area contributed by atoms with Crippen molar-refractivity contribution >= 4 is 6.09 Å². The Morgan fingerprint density at radius 1 is 1.36 bits per heavy atom. The van der Waals surface area contributed by atoms with Gasteiger partial charge < -0.3 is 15.4 Å². The maximum Gasteiger partial charge on any atom is 0.407 e. The zero-order valence-corrected chi connectivity index (χ0v) is 8.58. The van der Waals surface area contributed by atoms with Gasteiger partial charge in [-0.15, -0.1) is 0 Å². The number of amides is 1. The van der Waals surface area contributed by atoms with E-state index in [1.54, 1.807) is 0 Å². The summed E-state index contributed by atoms with van der Waals surface area (Å²) in [6.07, 6.45) is 3.14. The molecular formula is C10H18N2O2. The lowest BCUT2D eigenvalue weighted by molar-refractivity contribution is 0.156. The molecule has 1 aliphatic carbocycles. The van der Waals surface area contributed by atoms with Crippen molar-refractivity contribution in [3.63, 3.8) is 0 Å². The van der Waals surface area contributed by atoms with Crippen LogP contribution >= 0.6 is 0 Å². The first-order valence-corrected chi connectivity index (χ1v) is 5.35. The molecule has 14 heavy (non-hydrogen) atoms. The van der Waals surface area contributed by atoms with Crippen molar-refractivity contribution in [3.05, 3.63) is 0 Å². The van der Waals surface area contributed by atoms with Gasteiger partial charge in [0.1, 0.15) is 0 Å². The van der Waals surface area contributed by atoms with Gasteiger partial charge in [-0.25, -0.2) is 4.79 Å². The lowest BCUT2D eigenvalue weighted by atomic mass is 9.79. The summed E-state index contributed by atoms with van der Waals surface area (Å²) in [6, 6.07) is 0.323. The van der Waals surface area contributed by atoms with Crippen LogP contribution in [0.3, 0.4) is 0 Å². The first-order chi connectivity index (χ1) is 6.79. The standard InChI is InChI=1S/C10H18N2O2/c1-14-10(13)12-9-3-2-7-5-11-6-8(7)4-9/h7-9,11H,2-6H2,1H3,(H,12,13)/t7-,8+,9?/m0/s1. The number of alkyl carbamates (subject to hydrolysis) is 1. The fraction of sp³-hybridized carbons (Fsp3) is 0.900. The summed E-state index contributed by atoms with van der Waals surface area (Å²) in [6.45, 7) is 2.28. The van der Waals surface area contributed by atoms with Gasteiger partial charge in [0.15, 0.2) is 0 Å². The van der Waals surface area contributed by atoms with Gasteiger partial charge in [-0.2, -0.15) is 0 Å². The first-order valence-electron chi connectivity index (χ1n) is 5.35. The van der Waals surface area contributed by atoms with E-state index in [4.69, 9.17) is 0 Å². The Morgan fingerprint density at radius 3 is 2.93 bits per heavy atom. The van der Waals surface area contributed by atoms with Gasteiger partial charge in [0.05, 0.1) is 7.11 Å². The highest BCUT2D eigenvalue weighted by atomic mass is 16.5. The number of carbonyl (C=O) groups is 1. The summed E-state index contributed by atoms with van der Waals surface area (Å²) in [5.74, 6) is 1.59. The van der Waals surface area contributed by atoms with Crippen LogP contribution in [0, 0.1) is 11.8 Å². The third kappa shape index (κ3) is 2.00. The maximum absolute atomic E-state index is 11.0. The van der Waals surface area contributed by atoms with Crippen LogP contribution in [0.5, 0.6) is 0 Å². The van der Waals surface area contributed by atoms with Crippen molar-refractivity contribution in [3.8, 4) is 0 Å². The summed E-state index contributed by atoms with van der Waals surface area (Å²) in [4.78, 5) is 11.0. The molecule has 1 saturated carbocycles. The predicted octanol–water partition coefficient (Wildman–Crippen LogP) is 0.730. The second-order valence-corrected chi connectivity index (χ2v) is 4.32. The molecule has 0 bridgehead atoms. The molecule has 1 heterocycles. The van der Waals surface area contributed by atoms with Crippen LogP contribution in [0.25, 0.3) is 0 Å². The quantitative estimate of drug-likeness (QED) is 0.653. The second-order valence-electron chi connectivity index (χ2n) is 4.32. The molecule has 2 aliphatic rings. The molecule has 0 spiro atoms. The van der Waals surface area contributed by atoms with Crippen LogP contribution < -0.4 is 10.6 Å². The van der Waals surface area contributed by atoms with Crippen molar-refractivity contribution in [1.82, 2.24) is 10.6 Å². The Balaban J connectivity index is 1.82. The van der Waals surface area contributed by atoms with Crippen LogP contribution in [0.4, 0.5) is 4.79 Å². The highest BCUT2D eigenvalue weighted by Crippen LogP contribution is 2.32. The molecule has 1 saturated heterocycles. The van der Waals surface area contributed by atoms with Crippen LogP contribution in [-0.4, -0.2) is 32.3 Å². The van der Waals surface area contributed by atoms with Gasteiger partial charge in [-0.3, -0.25) is 0 Å². The molecule has 4 nitrogen and oxygen atoms in total. The average Bonchev–Trinajstić information content (AvgIpc) is 2.64. The van der Waals surface area contributed by atoms with E-state index in [1.807, 2.05) is 0 Å². The number of nitrogens with one attached hydrogen (secondary N) is 2. The topological polar surface area (TPSA) is 50.4 Å². The summed E-state index contributed by atoms with van der Waals surface area (Å²) in [7, 11) is 1.41. The van der Waals surface area contributed by atoms with E-state index in [-0.39, 0.29) is 6.09 Å². The maximum atomic E-state index is 11.0. The van der Waals surface area contributed by atoms with Crippen molar-refractivity contribution in [1.29, 1.82) is 0 Å². The molecule has 1 unspecified atom stereocenters. The Bertz CT molecular complexity index is 220. The number of carbonyl (C=O) groups excluding carboxylic acids is 1. The number of fused-ring (bicyclic) bond motifs is 1. The van der Waals surface area contributed by atoms with Gasteiger partial charge in [-0.05, 0) is 44.2 Å². The number of ether oxygens (including phenoxy) is 1. The van der Waals surface area contributed by atoms with E-state index in [1.165, 1.54) is 13.5 Å². The summed E-state index contributed by atoms with van der Waals surface area (Å²) < 4.78 is 4.60. The van der Waals surface area contributed by atoms with Crippen LogP contribution in [0.1, 0.15) is 19.3 Å². The van der Waals surface area contributed by atoms with Gasteiger partial charge >= 0.3 is 6.09 Å². The fourth-order valence-electron chi connectivity index (χ4n) is 2.66. The first kappa shape index (κ1) is 9.77. The van der Waals surface area contributed by atoms with E-state index < -0.39 is 0 Å². The van der Waals surface area contributed by atoms with Gasteiger partial charge in [0.2, 0.25) is 0 Å². The van der Waals surface area contributed by atoms with Crippen molar-refractivity contribution in [2.75, 3.05) is 20.2 Å². The highest BCUT2D eigenvalue weighted by Gasteiger charge is 2.34. The zero-order chi connectivity index (χ0) is 9.97. The van der Waals surface area contributed by atoms with Crippen molar-refractivity contribution in [2.24, 2.45) is 11.8 Å². The molecular weight excluding hydrogens is 180 g/mol. The number of methoxy groups -OCH3 is 1. The minimum absolute atomic E-state index is 0.292. The summed E-state index contributed by atoms with van der Waals surface area (Å²) in [5.41, 5.74) is 0. The van der Waals surface area contributed by atoms with E-state index in [2.05, 4.69) is 15.4 Å². The lowest BCUT2D eigenvalue weighted by Gasteiger charge is -2.31. The van der Waals surface area contributed by atoms with E-state index in [0.717, 1.165) is 37.8 Å². The molecule has 3 atom stereocenters. The molecule has 80 valence electrons. The Kier molecular flexibility index (Phi) is 2.91. The molecule has 0 aromatic rings. The van der Waals surface area contributed by atoms with Gasteiger partial charge in [0.25, 0.3) is 0 Å². The monoisotopic (exact) mass is 198 g/mol. The molecule has 1 aliphatic heterocycles. The minimum atomic E-state index is -0.292. The molecule has 0 aromatic heterocycles. The SMILES string of the molecule is COC(=O)NC1CC[C@H]2CNC[C@H]2C1. The Hall–Kier alpha value is -0.770. The van der Waals surface area contributed by atoms with Crippen LogP contribution in [0.2, 0.25) is 0 Å². The number of hydrogen-bond acceptors (Lipinski definition) is 3. The Labute approximate surface area is 84.4 Å². The average molecular weight is 198 g/mol. The minimum Gasteiger partial charge on any atom is -0.453 e. The van der Waals surface area contributed by atoms with E-state index >= 15 is 0 Å². The van der Waals surface area contributed by atoms with Crippen LogP contribution in [0.15, 0.2) is 0 Å². The number of hydrogen-bond donors (Lipinski definition) is 2.